The van der Waals surface area contributed by atoms with Gasteiger partial charge >= 0.3 is 0 Å². The van der Waals surface area contributed by atoms with E-state index >= 15 is 0 Å². The molecule has 1 unspecified atom stereocenters. The minimum atomic E-state index is -0.670. The summed E-state index contributed by atoms with van der Waals surface area (Å²) in [7, 11) is 0. The van der Waals surface area contributed by atoms with Crippen molar-refractivity contribution in [2.24, 2.45) is 5.73 Å². The number of nitrogens with zero attached hydrogens (tertiary/aromatic N) is 2. The maximum absolute atomic E-state index is 13.8. The Kier molecular flexibility index (Phi) is 6.46. The highest BCUT2D eigenvalue weighted by molar-refractivity contribution is 7.09. The van der Waals surface area contributed by atoms with E-state index in [0.717, 1.165) is 5.01 Å². The number of amides is 2. The third-order valence-corrected chi connectivity index (χ3v) is 4.71. The molecule has 0 bridgehead atoms. The second-order valence-electron chi connectivity index (χ2n) is 5.42. The van der Waals surface area contributed by atoms with Crippen LogP contribution in [0.3, 0.4) is 0 Å². The molecule has 2 aromatic rings. The molecule has 1 aliphatic rings. The second kappa shape index (κ2) is 8.37. The van der Waals surface area contributed by atoms with Gasteiger partial charge in [0.1, 0.15) is 17.6 Å². The van der Waals surface area contributed by atoms with E-state index in [4.69, 9.17) is 5.73 Å². The van der Waals surface area contributed by atoms with Crippen molar-refractivity contribution in [3.05, 3.63) is 46.2 Å². The van der Waals surface area contributed by atoms with Crippen LogP contribution in [0.1, 0.15) is 21.9 Å². The zero-order valence-electron chi connectivity index (χ0n) is 13.3. The molecule has 3 N–H and O–H groups in total. The lowest BCUT2D eigenvalue weighted by atomic mass is 10.2. The molecule has 134 valence electrons. The summed E-state index contributed by atoms with van der Waals surface area (Å²) in [5, 5.41) is 5.11. The van der Waals surface area contributed by atoms with E-state index in [-0.39, 0.29) is 29.7 Å². The van der Waals surface area contributed by atoms with Gasteiger partial charge in [-0.15, -0.1) is 23.7 Å². The van der Waals surface area contributed by atoms with Gasteiger partial charge in [-0.25, -0.2) is 9.37 Å². The molecule has 2 amide bonds. The first-order chi connectivity index (χ1) is 11.6. The molecular formula is C16H18ClFN4O2S. The molecule has 1 aromatic heterocycles. The van der Waals surface area contributed by atoms with Crippen LogP contribution in [0.2, 0.25) is 0 Å². The quantitative estimate of drug-likeness (QED) is 0.821. The highest BCUT2D eigenvalue weighted by atomic mass is 35.5. The lowest BCUT2D eigenvalue weighted by Crippen LogP contribution is -2.41. The van der Waals surface area contributed by atoms with Crippen molar-refractivity contribution in [2.45, 2.75) is 18.9 Å². The minimum Gasteiger partial charge on any atom is -0.339 e. The fourth-order valence-electron chi connectivity index (χ4n) is 2.61. The first kappa shape index (κ1) is 19.3. The summed E-state index contributed by atoms with van der Waals surface area (Å²) >= 11 is 1.36. The number of anilines is 1. The lowest BCUT2D eigenvalue weighted by molar-refractivity contribution is -0.118. The predicted molar refractivity (Wildman–Crippen MR) is 96.7 cm³/mol. The molecule has 0 radical (unpaired) electrons. The van der Waals surface area contributed by atoms with Crippen molar-refractivity contribution in [3.63, 3.8) is 0 Å². The van der Waals surface area contributed by atoms with Crippen molar-refractivity contribution in [2.75, 3.05) is 18.0 Å². The van der Waals surface area contributed by atoms with Gasteiger partial charge < -0.3 is 16.0 Å². The Morgan fingerprint density at radius 2 is 2.20 bits per heavy atom. The summed E-state index contributed by atoms with van der Waals surface area (Å²) in [6, 6.07) is 5.43. The number of hydrogen-bond donors (Lipinski definition) is 2. The van der Waals surface area contributed by atoms with Crippen LogP contribution in [0.5, 0.6) is 0 Å². The van der Waals surface area contributed by atoms with Gasteiger partial charge in [0.25, 0.3) is 5.91 Å². The topological polar surface area (TPSA) is 88.3 Å². The third-order valence-electron chi connectivity index (χ3n) is 3.80. The van der Waals surface area contributed by atoms with Crippen molar-refractivity contribution in [1.29, 1.82) is 0 Å². The highest BCUT2D eigenvalue weighted by Crippen LogP contribution is 2.24. The smallest absolute Gasteiger partial charge is 0.271 e. The molecule has 0 aliphatic carbocycles. The van der Waals surface area contributed by atoms with Gasteiger partial charge in [0, 0.05) is 18.3 Å². The van der Waals surface area contributed by atoms with Gasteiger partial charge in [-0.05, 0) is 25.1 Å². The first-order valence-corrected chi connectivity index (χ1v) is 8.49. The normalized spacial score (nSPS) is 16.6. The Morgan fingerprint density at radius 1 is 1.44 bits per heavy atom. The van der Waals surface area contributed by atoms with E-state index in [1.54, 1.807) is 23.6 Å². The summed E-state index contributed by atoms with van der Waals surface area (Å²) in [5.74, 6) is -1.17. The first-order valence-electron chi connectivity index (χ1n) is 7.61. The number of carbonyl (C=O) groups excluding carboxylic acids is 2. The van der Waals surface area contributed by atoms with Crippen LogP contribution in [-0.2, 0) is 11.2 Å². The molecule has 0 saturated carbocycles. The van der Waals surface area contributed by atoms with E-state index < -0.39 is 17.8 Å². The summed E-state index contributed by atoms with van der Waals surface area (Å²) in [6.07, 6.45) is 1.04. The average Bonchev–Trinajstić information content (AvgIpc) is 3.17. The van der Waals surface area contributed by atoms with Crippen molar-refractivity contribution in [1.82, 2.24) is 10.3 Å². The fourth-order valence-corrected chi connectivity index (χ4v) is 3.40. The molecule has 1 atom stereocenters. The lowest BCUT2D eigenvalue weighted by Gasteiger charge is -2.17. The van der Waals surface area contributed by atoms with Gasteiger partial charge in [0.15, 0.2) is 0 Å². The van der Waals surface area contributed by atoms with Gasteiger partial charge in [0.05, 0.1) is 10.7 Å². The summed E-state index contributed by atoms with van der Waals surface area (Å²) in [4.78, 5) is 30.2. The maximum Gasteiger partial charge on any atom is 0.271 e. The Bertz CT molecular complexity index is 770. The van der Waals surface area contributed by atoms with Crippen molar-refractivity contribution < 1.29 is 14.0 Å². The molecule has 1 saturated heterocycles. The van der Waals surface area contributed by atoms with Crippen LogP contribution in [0.25, 0.3) is 0 Å². The van der Waals surface area contributed by atoms with Gasteiger partial charge in [0.2, 0.25) is 5.91 Å². The molecular weight excluding hydrogens is 367 g/mol. The molecule has 1 aliphatic heterocycles. The molecule has 0 spiro atoms. The van der Waals surface area contributed by atoms with E-state index in [1.807, 2.05) is 0 Å². The standard InChI is InChI=1S/C16H17FN4O2S.ClH/c17-10-3-1-2-4-13(10)21-8-6-11(16(21)23)20-15(22)12-9-24-14(19-12)5-7-18;/h1-4,9,11H,5-8,18H2,(H,20,22);1H. The highest BCUT2D eigenvalue weighted by Gasteiger charge is 2.35. The van der Waals surface area contributed by atoms with Gasteiger partial charge in [-0.2, -0.15) is 0 Å². The van der Waals surface area contributed by atoms with Crippen LogP contribution in [0.4, 0.5) is 10.1 Å². The number of carbonyl (C=O) groups is 2. The molecule has 6 nitrogen and oxygen atoms in total. The van der Waals surface area contributed by atoms with Crippen LogP contribution in [0, 0.1) is 5.82 Å². The van der Waals surface area contributed by atoms with Crippen LogP contribution in [-0.4, -0.2) is 35.9 Å². The van der Waals surface area contributed by atoms with Gasteiger partial charge in [-0.1, -0.05) is 12.1 Å². The summed E-state index contributed by atoms with van der Waals surface area (Å²) < 4.78 is 13.8. The Hall–Kier alpha value is -2.03. The molecule has 25 heavy (non-hydrogen) atoms. The van der Waals surface area contributed by atoms with Crippen LogP contribution in [0.15, 0.2) is 29.6 Å². The van der Waals surface area contributed by atoms with E-state index in [2.05, 4.69) is 10.3 Å². The monoisotopic (exact) mass is 384 g/mol. The van der Waals surface area contributed by atoms with E-state index in [9.17, 15) is 14.0 Å². The number of hydrogen-bond acceptors (Lipinski definition) is 5. The Morgan fingerprint density at radius 3 is 2.92 bits per heavy atom. The number of nitrogens with one attached hydrogen (secondary N) is 1. The number of aromatic nitrogens is 1. The SMILES string of the molecule is Cl.NCCc1nc(C(=O)NC2CCN(c3ccccc3F)C2=O)cs1. The number of halogens is 2. The molecule has 1 fully saturated rings. The predicted octanol–water partition coefficient (Wildman–Crippen LogP) is 1.74. The zero-order chi connectivity index (χ0) is 17.1. The minimum absolute atomic E-state index is 0. The van der Waals surface area contributed by atoms with Crippen LogP contribution < -0.4 is 16.0 Å². The molecule has 9 heteroatoms. The van der Waals surface area contributed by atoms with E-state index in [1.165, 1.54) is 22.3 Å². The van der Waals surface area contributed by atoms with Crippen molar-refractivity contribution in [3.8, 4) is 0 Å². The molecule has 3 rings (SSSR count). The van der Waals surface area contributed by atoms with Crippen molar-refractivity contribution >= 4 is 41.2 Å². The number of rotatable bonds is 5. The second-order valence-corrected chi connectivity index (χ2v) is 6.36. The number of nitrogens with two attached hydrogens (primary N) is 1. The van der Waals surface area contributed by atoms with Gasteiger partial charge in [-0.3, -0.25) is 9.59 Å². The fraction of sp³-hybridized carbons (Fsp3) is 0.312. The summed E-state index contributed by atoms with van der Waals surface area (Å²) in [6.45, 7) is 0.827. The van der Waals surface area contributed by atoms with Crippen LogP contribution >= 0.6 is 23.7 Å². The molecule has 1 aromatic carbocycles. The Balaban J connectivity index is 0.00000225. The third kappa shape index (κ3) is 4.15. The van der Waals surface area contributed by atoms with E-state index in [0.29, 0.717) is 25.9 Å². The largest absolute Gasteiger partial charge is 0.339 e. The number of thiazole rings is 1. The Labute approximate surface area is 154 Å². The maximum atomic E-state index is 13.8. The number of para-hydroxylation sites is 1. The zero-order valence-corrected chi connectivity index (χ0v) is 14.9. The summed E-state index contributed by atoms with van der Waals surface area (Å²) in [5.41, 5.74) is 5.98. The molecule has 2 heterocycles. The number of benzene rings is 1. The average molecular weight is 385 g/mol.